The summed E-state index contributed by atoms with van der Waals surface area (Å²) in [5, 5.41) is 3.70. The van der Waals surface area contributed by atoms with E-state index in [4.69, 9.17) is 0 Å². The number of fused-ring (bicyclic) bond motifs is 1. The molecule has 1 atom stereocenters. The Morgan fingerprint density at radius 3 is 2.74 bits per heavy atom. The quantitative estimate of drug-likeness (QED) is 0.730. The highest BCUT2D eigenvalue weighted by molar-refractivity contribution is 6.01. The summed E-state index contributed by atoms with van der Waals surface area (Å²) in [6.07, 6.45) is 0.698. The van der Waals surface area contributed by atoms with Crippen molar-refractivity contribution in [1.82, 2.24) is 15.8 Å². The molecule has 0 bridgehead atoms. The van der Waals surface area contributed by atoms with Gasteiger partial charge >= 0.3 is 0 Å². The Labute approximate surface area is 109 Å². The summed E-state index contributed by atoms with van der Waals surface area (Å²) < 4.78 is 0. The first-order chi connectivity index (χ1) is 9.15. The first kappa shape index (κ1) is 11.9. The van der Waals surface area contributed by atoms with Crippen LogP contribution >= 0.6 is 0 Å². The van der Waals surface area contributed by atoms with Gasteiger partial charge in [0.15, 0.2) is 0 Å². The van der Waals surface area contributed by atoms with Crippen LogP contribution in [0.3, 0.4) is 0 Å². The van der Waals surface area contributed by atoms with Crippen LogP contribution in [0.1, 0.15) is 28.8 Å². The molecule has 2 aliphatic rings. The van der Waals surface area contributed by atoms with Crippen molar-refractivity contribution in [2.45, 2.75) is 25.4 Å². The van der Waals surface area contributed by atoms with Gasteiger partial charge in [-0.05, 0) is 18.1 Å². The van der Waals surface area contributed by atoms with Crippen molar-refractivity contribution in [3.05, 3.63) is 35.4 Å². The molecular weight excluding hydrogens is 246 g/mol. The fraction of sp³-hybridized carbons (Fsp3) is 0.308. The first-order valence-electron chi connectivity index (χ1n) is 6.15. The number of hydrazine groups is 1. The molecule has 1 aromatic carbocycles. The molecular formula is C13H13N3O3. The minimum Gasteiger partial charge on any atom is -0.295 e. The number of nitrogens with one attached hydrogen (secondary N) is 2. The van der Waals surface area contributed by atoms with Crippen LogP contribution in [-0.4, -0.2) is 28.8 Å². The third-order valence-electron chi connectivity index (χ3n) is 3.37. The highest BCUT2D eigenvalue weighted by Crippen LogP contribution is 2.21. The summed E-state index contributed by atoms with van der Waals surface area (Å²) in [6.45, 7) is 0.437. The summed E-state index contributed by atoms with van der Waals surface area (Å²) in [4.78, 5) is 34.8. The Balaban J connectivity index is 1.71. The maximum atomic E-state index is 12.1. The van der Waals surface area contributed by atoms with Crippen molar-refractivity contribution in [3.63, 3.8) is 0 Å². The third-order valence-corrected chi connectivity index (χ3v) is 3.37. The fourth-order valence-electron chi connectivity index (χ4n) is 2.36. The van der Waals surface area contributed by atoms with E-state index in [-0.39, 0.29) is 17.7 Å². The number of imide groups is 1. The number of carbonyl (C=O) groups is 3. The second kappa shape index (κ2) is 4.47. The lowest BCUT2D eigenvalue weighted by atomic mass is 10.1. The molecule has 2 N–H and O–H groups in total. The van der Waals surface area contributed by atoms with Crippen molar-refractivity contribution in [2.24, 2.45) is 0 Å². The Kier molecular flexibility index (Phi) is 2.79. The Hall–Kier alpha value is -2.21. The summed E-state index contributed by atoms with van der Waals surface area (Å²) in [5.41, 5.74) is 4.50. The van der Waals surface area contributed by atoms with Crippen LogP contribution in [0.5, 0.6) is 0 Å². The van der Waals surface area contributed by atoms with Crippen molar-refractivity contribution in [3.8, 4) is 0 Å². The number of piperidine rings is 1. The topological polar surface area (TPSA) is 78.5 Å². The van der Waals surface area contributed by atoms with E-state index in [0.717, 1.165) is 5.56 Å². The molecule has 2 heterocycles. The van der Waals surface area contributed by atoms with Gasteiger partial charge in [0.1, 0.15) is 6.04 Å². The smallest absolute Gasteiger partial charge is 0.268 e. The maximum Gasteiger partial charge on any atom is 0.268 e. The van der Waals surface area contributed by atoms with Gasteiger partial charge in [-0.2, -0.15) is 0 Å². The zero-order chi connectivity index (χ0) is 13.4. The Morgan fingerprint density at radius 1 is 1.21 bits per heavy atom. The highest BCUT2D eigenvalue weighted by Gasteiger charge is 2.33. The number of carbonyl (C=O) groups excluding carboxylic acids is 3. The van der Waals surface area contributed by atoms with Crippen LogP contribution < -0.4 is 10.7 Å². The van der Waals surface area contributed by atoms with E-state index in [9.17, 15) is 14.4 Å². The van der Waals surface area contributed by atoms with Gasteiger partial charge in [0.25, 0.3) is 5.91 Å². The molecule has 3 amide bonds. The average Bonchev–Trinajstić information content (AvgIpc) is 2.70. The molecule has 6 nitrogen and oxygen atoms in total. The maximum absolute atomic E-state index is 12.1. The van der Waals surface area contributed by atoms with E-state index >= 15 is 0 Å². The lowest BCUT2D eigenvalue weighted by Crippen LogP contribution is -2.55. The van der Waals surface area contributed by atoms with Crippen molar-refractivity contribution in [1.29, 1.82) is 0 Å². The predicted molar refractivity (Wildman–Crippen MR) is 65.6 cm³/mol. The molecule has 1 saturated heterocycles. The average molecular weight is 259 g/mol. The number of hydrogen-bond donors (Lipinski definition) is 2. The van der Waals surface area contributed by atoms with Crippen molar-refractivity contribution < 1.29 is 14.4 Å². The van der Waals surface area contributed by atoms with Gasteiger partial charge in [0.2, 0.25) is 11.8 Å². The van der Waals surface area contributed by atoms with Gasteiger partial charge in [-0.3, -0.25) is 24.7 Å². The van der Waals surface area contributed by atoms with E-state index < -0.39 is 6.04 Å². The van der Waals surface area contributed by atoms with Crippen LogP contribution in [0.2, 0.25) is 0 Å². The summed E-state index contributed by atoms with van der Waals surface area (Å²) in [7, 11) is 0. The normalized spacial score (nSPS) is 22.4. The molecule has 3 rings (SSSR count). The third kappa shape index (κ3) is 2.10. The van der Waals surface area contributed by atoms with E-state index in [1.165, 1.54) is 5.01 Å². The van der Waals surface area contributed by atoms with Gasteiger partial charge in [0.05, 0.1) is 6.54 Å². The largest absolute Gasteiger partial charge is 0.295 e. The number of hydrogen-bond acceptors (Lipinski definition) is 4. The number of nitrogens with zero attached hydrogens (tertiary/aromatic N) is 1. The number of benzene rings is 1. The standard InChI is InChI=1S/C13H13N3O3/c17-11-6-5-10(12(18)14-11)15-16-7-8-3-1-2-4-9(8)13(16)19/h1-4,10,15H,5-7H2,(H,14,17,18). The molecule has 98 valence electrons. The van der Waals surface area contributed by atoms with Crippen LogP contribution in [0, 0.1) is 0 Å². The van der Waals surface area contributed by atoms with Gasteiger partial charge < -0.3 is 0 Å². The second-order valence-corrected chi connectivity index (χ2v) is 4.68. The van der Waals surface area contributed by atoms with Gasteiger partial charge in [0, 0.05) is 12.0 Å². The highest BCUT2D eigenvalue weighted by atomic mass is 16.2. The van der Waals surface area contributed by atoms with Crippen molar-refractivity contribution in [2.75, 3.05) is 0 Å². The number of amides is 3. The second-order valence-electron chi connectivity index (χ2n) is 4.68. The summed E-state index contributed by atoms with van der Waals surface area (Å²) >= 11 is 0. The number of rotatable bonds is 2. The monoisotopic (exact) mass is 259 g/mol. The summed E-state index contributed by atoms with van der Waals surface area (Å²) in [6, 6.07) is 6.81. The molecule has 1 aromatic rings. The van der Waals surface area contributed by atoms with Gasteiger partial charge in [-0.1, -0.05) is 18.2 Å². The van der Waals surface area contributed by atoms with E-state index in [1.807, 2.05) is 18.2 Å². The lowest BCUT2D eigenvalue weighted by molar-refractivity contribution is -0.135. The summed E-state index contributed by atoms with van der Waals surface area (Å²) in [5.74, 6) is -0.778. The minimum absolute atomic E-state index is 0.139. The van der Waals surface area contributed by atoms with Crippen LogP contribution in [0.4, 0.5) is 0 Å². The zero-order valence-electron chi connectivity index (χ0n) is 10.2. The molecule has 19 heavy (non-hydrogen) atoms. The van der Waals surface area contributed by atoms with Crippen molar-refractivity contribution >= 4 is 17.7 Å². The van der Waals surface area contributed by atoms with E-state index in [1.54, 1.807) is 6.07 Å². The van der Waals surface area contributed by atoms with Crippen LogP contribution in [-0.2, 0) is 16.1 Å². The van der Waals surface area contributed by atoms with E-state index in [0.29, 0.717) is 24.9 Å². The minimum atomic E-state index is -0.532. The van der Waals surface area contributed by atoms with Crippen LogP contribution in [0.15, 0.2) is 24.3 Å². The molecule has 0 aromatic heterocycles. The van der Waals surface area contributed by atoms with Crippen LogP contribution in [0.25, 0.3) is 0 Å². The molecule has 0 spiro atoms. The molecule has 2 aliphatic heterocycles. The lowest BCUT2D eigenvalue weighted by Gasteiger charge is -2.27. The Bertz CT molecular complexity index is 570. The molecule has 0 aliphatic carbocycles. The molecule has 0 saturated carbocycles. The molecule has 1 fully saturated rings. The molecule has 6 heteroatoms. The zero-order valence-corrected chi connectivity index (χ0v) is 10.2. The fourth-order valence-corrected chi connectivity index (χ4v) is 2.36. The molecule has 0 radical (unpaired) electrons. The SMILES string of the molecule is O=C1CCC(NN2Cc3ccccc3C2=O)C(=O)N1. The van der Waals surface area contributed by atoms with Gasteiger partial charge in [-0.15, -0.1) is 0 Å². The Morgan fingerprint density at radius 2 is 2.00 bits per heavy atom. The van der Waals surface area contributed by atoms with Gasteiger partial charge in [-0.25, -0.2) is 5.43 Å². The first-order valence-corrected chi connectivity index (χ1v) is 6.15. The van der Waals surface area contributed by atoms with E-state index in [2.05, 4.69) is 10.7 Å². The predicted octanol–water partition coefficient (Wildman–Crippen LogP) is -0.0478. The molecule has 1 unspecified atom stereocenters.